The first-order chi connectivity index (χ1) is 59.8. The summed E-state index contributed by atoms with van der Waals surface area (Å²) in [4.78, 5) is 89.8. The van der Waals surface area contributed by atoms with Gasteiger partial charge in [0.15, 0.2) is 25.2 Å². The molecule has 124 heavy (non-hydrogen) atoms. The molecule has 10 aliphatic rings. The van der Waals surface area contributed by atoms with Crippen LogP contribution in [0.15, 0.2) is 12.4 Å². The Morgan fingerprint density at radius 3 is 1.22 bits per heavy atom. The van der Waals surface area contributed by atoms with Gasteiger partial charge in [-0.15, -0.1) is 10.2 Å². The van der Waals surface area contributed by atoms with Crippen molar-refractivity contribution in [2.24, 2.45) is 47.0 Å². The number of carbonyl (C=O) groups is 6. The lowest BCUT2D eigenvalue weighted by molar-refractivity contribution is -0.338. The van der Waals surface area contributed by atoms with Crippen LogP contribution >= 0.6 is 0 Å². The number of aromatic nitrogens is 6. The van der Waals surface area contributed by atoms with Gasteiger partial charge in [0.25, 0.3) is 11.8 Å². The molecule has 16 N–H and O–H groups in total. The number of nitrogens with zero attached hydrogens (tertiary/aromatic N) is 8. The molecule has 10 fully saturated rings. The number of Topliss-reactive ketones (excluding diaryl/α,β-unsaturated/α-hetero) is 2. The zero-order chi connectivity index (χ0) is 88.4. The predicted molar refractivity (Wildman–Crippen MR) is 433 cm³/mol. The number of rotatable bonds is 43. The molecule has 2 aromatic heterocycles. The molecule has 30 atom stereocenters. The van der Waals surface area contributed by atoms with Crippen molar-refractivity contribution >= 4 is 35.2 Å². The second-order valence-electron chi connectivity index (χ2n) is 35.9. The van der Waals surface area contributed by atoms with Crippen molar-refractivity contribution in [2.75, 3.05) is 65.7 Å². The Labute approximate surface area is 723 Å². The fourth-order valence-corrected chi connectivity index (χ4v) is 19.4. The molecular weight excluding hydrogens is 1620 g/mol. The number of ether oxygens (including phenoxy) is 12. The third-order valence-corrected chi connectivity index (χ3v) is 27.0. The monoisotopic (exact) mass is 1760 g/mol. The van der Waals surface area contributed by atoms with Crippen LogP contribution in [0.1, 0.15) is 193 Å². The summed E-state index contributed by atoms with van der Waals surface area (Å²) in [5.74, 6) is -3.88. The lowest BCUT2D eigenvalue weighted by Crippen LogP contribution is -2.68. The molecule has 4 aliphatic carbocycles. The number of aliphatic hydroxyl groups excluding tert-OH is 10. The van der Waals surface area contributed by atoms with E-state index in [-0.39, 0.29) is 100 Å². The molecule has 40 heteroatoms. The predicted octanol–water partition coefficient (Wildman–Crippen LogP) is -1.67. The maximum absolute atomic E-state index is 14.7. The minimum absolute atomic E-state index is 0.0331. The van der Waals surface area contributed by atoms with E-state index in [9.17, 15) is 79.8 Å². The molecule has 0 aromatic carbocycles. The molecule has 2 aromatic rings. The van der Waals surface area contributed by atoms with Crippen LogP contribution in [0.4, 0.5) is 0 Å². The highest BCUT2D eigenvalue weighted by molar-refractivity contribution is 5.83. The Hall–Kier alpha value is -5.46. The second kappa shape index (κ2) is 46.9. The van der Waals surface area contributed by atoms with Gasteiger partial charge >= 0.3 is 0 Å². The fraction of sp³-hybridized carbons (Fsp3) is 0.881. The Balaban J connectivity index is 0.710. The van der Waals surface area contributed by atoms with Crippen molar-refractivity contribution in [1.82, 2.24) is 50.4 Å². The number of hydrogen-bond acceptors (Lipinski definition) is 34. The number of carbonyl (C=O) groups excluding carboxylic acids is 6. The molecule has 40 nitrogen and oxygen atoms in total. The van der Waals surface area contributed by atoms with Gasteiger partial charge in [-0.3, -0.25) is 28.8 Å². The summed E-state index contributed by atoms with van der Waals surface area (Å²) < 4.78 is 80.0. The molecule has 0 spiro atoms. The first kappa shape index (κ1) is 97.6. The Morgan fingerprint density at radius 2 is 0.871 bits per heavy atom. The summed E-state index contributed by atoms with van der Waals surface area (Å²) in [6.45, 7) is 6.92. The van der Waals surface area contributed by atoms with Gasteiger partial charge in [-0.2, -0.15) is 0 Å². The summed E-state index contributed by atoms with van der Waals surface area (Å²) in [6, 6.07) is -2.85. The molecule has 4 amide bonds. The summed E-state index contributed by atoms with van der Waals surface area (Å²) in [5, 5.41) is 135. The third-order valence-electron chi connectivity index (χ3n) is 27.0. The Kier molecular flexibility index (Phi) is 36.9. The standard InChI is InChI=1S/C84H138N12O28/c1-5-49-33-51(55(99)21-13-23-85)35-57(75(49)123-83-73(109)71(107)67(103)45(3)115-83)119-81-65(77(69(105)61(41-97)121-81)117-59(79(111)93-25-15-26-93)31-47-17-9-7-10-18-47)87-63(101)39-95-37-53(89-91-95)43-113-29-30-114-44-54-38-96(92-90-54)40-64(102)88-66-78(118-60(80(112)94-27-16-28-94)32-48-19-11-8-12-20-48)70(106)62(42-98)122-82(66)120-58-36-52(56(100)22-14-24-86)34-50(6-2)76(58)124-84-74(110)72(108)68(104)46(4)116-84/h37-38,45-52,57-62,65-78,81-84,97-98,103-110H,5-36,39-44,85-86H2,1-4H3,(H,87,101)(H,88,102)/t45?,46?,49?,50?,51?,52?,57-,58-,59+,60+,61+,62+,65?,66?,67-,68-,69+,70+,71+,72+,73?,74?,75-,76-,77?,78?,81-,82-,83+,84+/m1/s1. The summed E-state index contributed by atoms with van der Waals surface area (Å²) in [6.07, 6.45) is -15.3. The summed E-state index contributed by atoms with van der Waals surface area (Å²) >= 11 is 0. The molecule has 12 rings (SSSR count). The molecule has 8 heterocycles. The lowest BCUT2D eigenvalue weighted by atomic mass is 9.74. The van der Waals surface area contributed by atoms with Crippen molar-refractivity contribution in [2.45, 2.75) is 367 Å². The van der Waals surface area contributed by atoms with Crippen molar-refractivity contribution in [1.29, 1.82) is 0 Å². The third kappa shape index (κ3) is 25.0. The van der Waals surface area contributed by atoms with Gasteiger partial charge in [0, 0.05) is 50.9 Å². The van der Waals surface area contributed by atoms with Crippen molar-refractivity contribution < 1.29 is 137 Å². The van der Waals surface area contributed by atoms with E-state index in [1.165, 1.54) is 35.6 Å². The fourth-order valence-electron chi connectivity index (χ4n) is 19.4. The number of ketones is 2. The quantitative estimate of drug-likeness (QED) is 0.0330. The summed E-state index contributed by atoms with van der Waals surface area (Å²) in [7, 11) is 0. The van der Waals surface area contributed by atoms with E-state index in [4.69, 9.17) is 68.3 Å². The lowest BCUT2D eigenvalue weighted by Gasteiger charge is -2.49. The van der Waals surface area contributed by atoms with E-state index in [2.05, 4.69) is 31.3 Å². The average molecular weight is 1760 g/mol. The van der Waals surface area contributed by atoms with E-state index in [1.807, 2.05) is 13.8 Å². The molecule has 702 valence electrons. The number of hydrogen-bond donors (Lipinski definition) is 14. The normalized spacial score (nSPS) is 36.3. The number of likely N-dealkylation sites (tertiary alicyclic amines) is 2. The van der Waals surface area contributed by atoms with E-state index >= 15 is 0 Å². The van der Waals surface area contributed by atoms with E-state index in [1.54, 1.807) is 9.80 Å². The van der Waals surface area contributed by atoms with Gasteiger partial charge in [-0.25, -0.2) is 9.36 Å². The number of amides is 4. The molecule has 6 saturated heterocycles. The van der Waals surface area contributed by atoms with Crippen LogP contribution < -0.4 is 22.1 Å². The van der Waals surface area contributed by atoms with Crippen molar-refractivity contribution in [3.8, 4) is 0 Å². The van der Waals surface area contributed by atoms with Crippen molar-refractivity contribution in [3.63, 3.8) is 0 Å². The number of nitrogens with one attached hydrogen (secondary N) is 2. The van der Waals surface area contributed by atoms with E-state index < -0.39 is 221 Å². The SMILES string of the molecule is CCC1CC(C(=O)CCCN)C[C@@H](O[C@@H]2O[C@@H](CO)[C@H](O)C(O[C@@H](CC3CCCCC3)C(=O)N3CCC3)C2NC(=O)Cn2cc(COCCOCc3cn(CC(=O)NC4C(O[C@@H](CC5CCCCC5)C(=O)N5CCC5)[C@@H](O)[C@H](CO)O[C@H]4O[C@@H]4CC(C(=O)CCCN)CC(CC)[C@H]4O[C@@H]4OC(C)[C@@H](O)[C@H](O)C4O)nn3)nn2)[C@@H]1O[C@@H]1OC(C)[C@@H](O)[C@H](O)C1O. The highest BCUT2D eigenvalue weighted by Gasteiger charge is 2.57. The zero-order valence-electron chi connectivity index (χ0n) is 72.1. The van der Waals surface area contributed by atoms with Crippen LogP contribution in [0, 0.1) is 35.5 Å². The highest BCUT2D eigenvalue weighted by atomic mass is 16.7. The van der Waals surface area contributed by atoms with Gasteiger partial charge in [-0.1, -0.05) is 101 Å². The average Bonchev–Trinajstić information content (AvgIpc) is 1.08. The largest absolute Gasteiger partial charge is 0.394 e. The van der Waals surface area contributed by atoms with E-state index in [0.717, 1.165) is 77.0 Å². The minimum atomic E-state index is -1.70. The van der Waals surface area contributed by atoms with Crippen LogP contribution in [0.5, 0.6) is 0 Å². The van der Waals surface area contributed by atoms with Crippen LogP contribution in [-0.2, 0) is 112 Å². The maximum Gasteiger partial charge on any atom is 0.251 e. The Bertz CT molecular complexity index is 3420. The Morgan fingerprint density at radius 1 is 0.484 bits per heavy atom. The molecule has 12 unspecified atom stereocenters. The molecule has 0 bridgehead atoms. The van der Waals surface area contributed by atoms with Gasteiger partial charge in [0.2, 0.25) is 11.8 Å². The van der Waals surface area contributed by atoms with E-state index in [0.29, 0.717) is 88.9 Å². The number of aliphatic hydroxyl groups is 10. The van der Waals surface area contributed by atoms with Gasteiger partial charge in [0.05, 0.1) is 88.7 Å². The maximum atomic E-state index is 14.7. The number of nitrogens with two attached hydrogens (primary N) is 2. The first-order valence-electron chi connectivity index (χ1n) is 45.5. The van der Waals surface area contributed by atoms with Crippen LogP contribution in [0.2, 0.25) is 0 Å². The molecular formula is C84H138N12O28. The molecule has 4 saturated carbocycles. The highest BCUT2D eigenvalue weighted by Crippen LogP contribution is 2.44. The van der Waals surface area contributed by atoms with Crippen LogP contribution in [0.3, 0.4) is 0 Å². The van der Waals surface area contributed by atoms with Gasteiger partial charge in [0.1, 0.15) is 134 Å². The van der Waals surface area contributed by atoms with Crippen LogP contribution in [0.25, 0.3) is 0 Å². The summed E-state index contributed by atoms with van der Waals surface area (Å²) in [5.41, 5.74) is 12.4. The van der Waals surface area contributed by atoms with Gasteiger partial charge in [-0.05, 0) is 115 Å². The minimum Gasteiger partial charge on any atom is -0.394 e. The van der Waals surface area contributed by atoms with Crippen LogP contribution in [-0.4, -0.2) is 351 Å². The second-order valence-corrected chi connectivity index (χ2v) is 35.9. The smallest absolute Gasteiger partial charge is 0.251 e. The molecule has 0 radical (unpaired) electrons. The molecule has 6 aliphatic heterocycles. The zero-order valence-corrected chi connectivity index (χ0v) is 72.1. The topological polar surface area (TPSA) is 559 Å². The van der Waals surface area contributed by atoms with Crippen molar-refractivity contribution in [3.05, 3.63) is 23.8 Å². The first-order valence-corrected chi connectivity index (χ1v) is 45.5. The van der Waals surface area contributed by atoms with Gasteiger partial charge < -0.3 is 140 Å².